The second-order valence-corrected chi connectivity index (χ2v) is 18.9. The molecule has 0 rings (SSSR count). The van der Waals surface area contributed by atoms with Gasteiger partial charge in [0.2, 0.25) is 0 Å². The number of hydrogen-bond acceptors (Lipinski definition) is 6. The van der Waals surface area contributed by atoms with Crippen molar-refractivity contribution in [2.75, 3.05) is 0 Å². The summed E-state index contributed by atoms with van der Waals surface area (Å²) in [5, 5.41) is 19.3. The van der Waals surface area contributed by atoms with Crippen LogP contribution in [0.1, 0.15) is 41.5 Å². The third-order valence-corrected chi connectivity index (χ3v) is 16.0. The Labute approximate surface area is 104 Å². The first-order valence-corrected chi connectivity index (χ1v) is 10.2. The first-order chi connectivity index (χ1) is 7.33. The third-order valence-electron chi connectivity index (χ3n) is 2.38. The summed E-state index contributed by atoms with van der Waals surface area (Å²) in [5.74, 6) is 0. The van der Waals surface area contributed by atoms with Crippen molar-refractivity contribution in [1.82, 2.24) is 0 Å². The molecule has 0 aliphatic carbocycles. The number of nitrogens with zero attached hydrogens (tertiary/aromatic N) is 2. The van der Waals surface area contributed by atoms with E-state index in [4.69, 9.17) is 6.35 Å². The van der Waals surface area contributed by atoms with E-state index in [1.807, 2.05) is 0 Å². The number of rotatable bonds is 4. The van der Waals surface area contributed by atoms with Gasteiger partial charge in [-0.2, -0.15) is 0 Å². The molecule has 0 heterocycles. The van der Waals surface area contributed by atoms with E-state index in [1.54, 1.807) is 41.5 Å². The molecule has 100 valence electrons. The first kappa shape index (κ1) is 16.2. The van der Waals surface area contributed by atoms with Crippen LogP contribution in [0.2, 0.25) is 6.86 Å². The van der Waals surface area contributed by atoms with Crippen LogP contribution in [0.3, 0.4) is 0 Å². The van der Waals surface area contributed by atoms with Gasteiger partial charge in [0.1, 0.15) is 0 Å². The molecule has 0 aromatic heterocycles. The summed E-state index contributed by atoms with van der Waals surface area (Å²) >= 11 is -4.62. The minimum absolute atomic E-state index is 0.757. The molecule has 0 saturated carbocycles. The van der Waals surface area contributed by atoms with E-state index >= 15 is 0 Å². The van der Waals surface area contributed by atoms with Gasteiger partial charge in [-0.15, -0.1) is 0 Å². The molecule has 0 spiro atoms. The third kappa shape index (κ3) is 3.58. The van der Waals surface area contributed by atoms with Gasteiger partial charge in [0.05, 0.1) is 0 Å². The SMILES string of the molecule is C[C](C)(C)[Sn]([O][N+](=O)[O-])([O][N+](=O)[O-])[C](C)(C)C. The molecule has 0 unspecified atom stereocenters. The van der Waals surface area contributed by atoms with Gasteiger partial charge in [0.15, 0.2) is 0 Å². The van der Waals surface area contributed by atoms with Crippen molar-refractivity contribution < 1.29 is 16.5 Å². The van der Waals surface area contributed by atoms with E-state index in [9.17, 15) is 20.2 Å². The van der Waals surface area contributed by atoms with E-state index in [1.165, 1.54) is 0 Å². The predicted octanol–water partition coefficient (Wildman–Crippen LogP) is 2.45. The molecule has 0 N–H and O–H groups in total. The van der Waals surface area contributed by atoms with Crippen LogP contribution in [0.5, 0.6) is 0 Å². The summed E-state index contributed by atoms with van der Waals surface area (Å²) in [5.41, 5.74) is 0. The molecule has 0 aromatic carbocycles. The number of hydrogen-bond donors (Lipinski definition) is 0. The van der Waals surface area contributed by atoms with Crippen LogP contribution in [-0.4, -0.2) is 29.4 Å². The van der Waals surface area contributed by atoms with Crippen LogP contribution in [-0.2, 0) is 6.35 Å². The zero-order chi connectivity index (χ0) is 14.1. The van der Waals surface area contributed by atoms with Crippen molar-refractivity contribution in [2.24, 2.45) is 0 Å². The van der Waals surface area contributed by atoms with Crippen molar-refractivity contribution in [2.45, 2.75) is 48.4 Å². The summed E-state index contributed by atoms with van der Waals surface area (Å²) in [6, 6.07) is 0. The Morgan fingerprint density at radius 1 is 0.824 bits per heavy atom. The molecule has 0 aromatic rings. The average Bonchev–Trinajstić information content (AvgIpc) is 1.96. The summed E-state index contributed by atoms with van der Waals surface area (Å²) in [6.07, 6.45) is 0. The van der Waals surface area contributed by atoms with E-state index in [0.29, 0.717) is 0 Å². The summed E-state index contributed by atoms with van der Waals surface area (Å²) in [7, 11) is 0. The monoisotopic (exact) mass is 358 g/mol. The Balaban J connectivity index is 5.71. The predicted molar refractivity (Wildman–Crippen MR) is 61.3 cm³/mol. The molecule has 0 bridgehead atoms. The maximum absolute atomic E-state index is 10.6. The van der Waals surface area contributed by atoms with Crippen molar-refractivity contribution in [3.8, 4) is 0 Å². The second kappa shape index (κ2) is 4.83. The van der Waals surface area contributed by atoms with Crippen LogP contribution in [0, 0.1) is 20.2 Å². The maximum atomic E-state index is 10.6. The molecule has 9 heteroatoms. The van der Waals surface area contributed by atoms with Crippen LogP contribution in [0.25, 0.3) is 0 Å². The zero-order valence-corrected chi connectivity index (χ0v) is 13.7. The van der Waals surface area contributed by atoms with E-state index < -0.39 is 36.2 Å². The van der Waals surface area contributed by atoms with Gasteiger partial charge in [-0.1, -0.05) is 0 Å². The molecule has 0 atom stereocenters. The Morgan fingerprint density at radius 3 is 1.18 bits per heavy atom. The standard InChI is InChI=1S/2C4H9.2NO3.Sn/c2*1-4(2)3;2*2-1(3)4;/h2*1-3H3;;;/q;;2*-1;+2. The molecule has 0 amide bonds. The molecule has 0 saturated heterocycles. The van der Waals surface area contributed by atoms with Gasteiger partial charge in [-0.3, -0.25) is 0 Å². The molecule has 8 nitrogen and oxygen atoms in total. The molecule has 17 heavy (non-hydrogen) atoms. The fourth-order valence-corrected chi connectivity index (χ4v) is 12.7. The van der Waals surface area contributed by atoms with E-state index in [2.05, 4.69) is 0 Å². The average molecular weight is 357 g/mol. The van der Waals surface area contributed by atoms with Gasteiger partial charge in [-0.05, 0) is 0 Å². The first-order valence-electron chi connectivity index (χ1n) is 5.00. The van der Waals surface area contributed by atoms with Gasteiger partial charge in [0.25, 0.3) is 0 Å². The van der Waals surface area contributed by atoms with Crippen molar-refractivity contribution >= 4 is 19.2 Å². The van der Waals surface area contributed by atoms with E-state index in [0.717, 1.165) is 0 Å². The fraction of sp³-hybridized carbons (Fsp3) is 1.00. The topological polar surface area (TPSA) is 105 Å². The van der Waals surface area contributed by atoms with Gasteiger partial charge in [-0.25, -0.2) is 0 Å². The van der Waals surface area contributed by atoms with Gasteiger partial charge in [0, 0.05) is 0 Å². The summed E-state index contributed by atoms with van der Waals surface area (Å²) in [6.45, 7) is 10.0. The molecule has 0 fully saturated rings. The van der Waals surface area contributed by atoms with Crippen LogP contribution in [0.15, 0.2) is 0 Å². The quantitative estimate of drug-likeness (QED) is 0.435. The zero-order valence-electron chi connectivity index (χ0n) is 10.8. The fourth-order valence-electron chi connectivity index (χ4n) is 1.90. The van der Waals surface area contributed by atoms with E-state index in [-0.39, 0.29) is 0 Å². The second-order valence-electron chi connectivity index (χ2n) is 5.75. The van der Waals surface area contributed by atoms with Crippen molar-refractivity contribution in [3.63, 3.8) is 0 Å². The Hall–Kier alpha value is -0.801. The normalized spacial score (nSPS) is 13.1. The summed E-state index contributed by atoms with van der Waals surface area (Å²) < 4.78 is 7.98. The van der Waals surface area contributed by atoms with Gasteiger partial charge >= 0.3 is 104 Å². The molecular formula is C8H18N2O6Sn. The van der Waals surface area contributed by atoms with Gasteiger partial charge < -0.3 is 0 Å². The van der Waals surface area contributed by atoms with Crippen LogP contribution >= 0.6 is 0 Å². The minimum atomic E-state index is -4.62. The molecular weight excluding hydrogens is 339 g/mol. The Bertz CT molecular complexity index is 287. The molecule has 0 aliphatic rings. The summed E-state index contributed by atoms with van der Waals surface area (Å²) in [4.78, 5) is 21.2. The molecule has 0 aliphatic heterocycles. The Morgan fingerprint density at radius 2 is 1.06 bits per heavy atom. The Kier molecular flexibility index (Phi) is 4.60. The van der Waals surface area contributed by atoms with Crippen LogP contribution in [0.4, 0.5) is 0 Å². The van der Waals surface area contributed by atoms with Crippen molar-refractivity contribution in [3.05, 3.63) is 20.2 Å². The molecule has 0 radical (unpaired) electrons. The van der Waals surface area contributed by atoms with Crippen LogP contribution < -0.4 is 0 Å². The van der Waals surface area contributed by atoms with Crippen molar-refractivity contribution in [1.29, 1.82) is 0 Å².